The number of benzene rings is 1. The number of nitrogens with two attached hydrogens (primary N) is 1. The minimum atomic E-state index is 0.0484. The Morgan fingerprint density at radius 2 is 1.85 bits per heavy atom. The van der Waals surface area contributed by atoms with Crippen molar-refractivity contribution in [3.8, 4) is 5.75 Å². The Kier molecular flexibility index (Phi) is 5.44. The average Bonchev–Trinajstić information content (AvgIpc) is 2.98. The van der Waals surface area contributed by atoms with Crippen LogP contribution in [-0.2, 0) is 0 Å². The second-order valence-electron chi connectivity index (χ2n) is 6.13. The first kappa shape index (κ1) is 15.3. The highest BCUT2D eigenvalue weighted by Gasteiger charge is 2.23. The monoisotopic (exact) mass is 276 g/mol. The average molecular weight is 276 g/mol. The van der Waals surface area contributed by atoms with Gasteiger partial charge in [0.25, 0.3) is 0 Å². The van der Waals surface area contributed by atoms with Crippen molar-refractivity contribution < 1.29 is 4.74 Å². The molecule has 1 aromatic carbocycles. The Labute approximate surface area is 123 Å². The quantitative estimate of drug-likeness (QED) is 0.867. The van der Waals surface area contributed by atoms with Crippen LogP contribution in [-0.4, -0.2) is 31.6 Å². The number of ether oxygens (including phenoxy) is 1. The van der Waals surface area contributed by atoms with Crippen LogP contribution in [0.2, 0.25) is 0 Å². The highest BCUT2D eigenvalue weighted by Crippen LogP contribution is 2.27. The number of hydrogen-bond donors (Lipinski definition) is 1. The van der Waals surface area contributed by atoms with Gasteiger partial charge < -0.3 is 15.4 Å². The van der Waals surface area contributed by atoms with E-state index in [1.165, 1.54) is 37.8 Å². The van der Waals surface area contributed by atoms with Crippen LogP contribution in [0.15, 0.2) is 24.3 Å². The molecule has 3 nitrogen and oxygen atoms in total. The standard InChI is InChI=1S/C17H28N2O/c1-13(19(2)12-14-6-4-5-7-14)17(18)15-8-10-16(20-3)11-9-15/h8-11,13-14,17H,4-7,12,18H2,1-3H3. The highest BCUT2D eigenvalue weighted by molar-refractivity contribution is 5.29. The lowest BCUT2D eigenvalue weighted by molar-refractivity contribution is 0.195. The Balaban J connectivity index is 1.93. The van der Waals surface area contributed by atoms with E-state index in [2.05, 4.69) is 31.0 Å². The van der Waals surface area contributed by atoms with Gasteiger partial charge in [-0.25, -0.2) is 0 Å². The molecule has 1 fully saturated rings. The van der Waals surface area contributed by atoms with E-state index >= 15 is 0 Å². The van der Waals surface area contributed by atoms with E-state index in [1.54, 1.807) is 7.11 Å². The fraction of sp³-hybridized carbons (Fsp3) is 0.647. The molecular formula is C17H28N2O. The molecule has 112 valence electrons. The zero-order valence-corrected chi connectivity index (χ0v) is 13.0. The van der Waals surface area contributed by atoms with Gasteiger partial charge in [0, 0.05) is 18.6 Å². The van der Waals surface area contributed by atoms with Gasteiger partial charge in [-0.15, -0.1) is 0 Å². The summed E-state index contributed by atoms with van der Waals surface area (Å²) in [4.78, 5) is 2.42. The zero-order valence-electron chi connectivity index (χ0n) is 13.0. The summed E-state index contributed by atoms with van der Waals surface area (Å²) in [6, 6.07) is 8.52. The number of methoxy groups -OCH3 is 1. The number of rotatable bonds is 6. The van der Waals surface area contributed by atoms with E-state index in [0.717, 1.165) is 11.7 Å². The van der Waals surface area contributed by atoms with Crippen LogP contribution >= 0.6 is 0 Å². The van der Waals surface area contributed by atoms with E-state index in [4.69, 9.17) is 10.5 Å². The summed E-state index contributed by atoms with van der Waals surface area (Å²) in [6.45, 7) is 3.40. The maximum absolute atomic E-state index is 6.42. The smallest absolute Gasteiger partial charge is 0.118 e. The van der Waals surface area contributed by atoms with Crippen LogP contribution in [0.1, 0.15) is 44.2 Å². The van der Waals surface area contributed by atoms with Crippen LogP contribution in [0.5, 0.6) is 5.75 Å². The minimum absolute atomic E-state index is 0.0484. The fourth-order valence-corrected chi connectivity index (χ4v) is 3.15. The molecule has 0 bridgehead atoms. The summed E-state index contributed by atoms with van der Waals surface area (Å²) in [5.74, 6) is 1.75. The van der Waals surface area contributed by atoms with Gasteiger partial charge in [-0.05, 0) is 50.4 Å². The van der Waals surface area contributed by atoms with E-state index in [9.17, 15) is 0 Å². The largest absolute Gasteiger partial charge is 0.497 e. The molecule has 0 saturated heterocycles. The molecule has 2 rings (SSSR count). The van der Waals surface area contributed by atoms with Gasteiger partial charge in [0.2, 0.25) is 0 Å². The molecule has 0 amide bonds. The molecule has 1 aromatic rings. The third kappa shape index (κ3) is 3.74. The van der Waals surface area contributed by atoms with E-state index in [0.29, 0.717) is 6.04 Å². The summed E-state index contributed by atoms with van der Waals surface area (Å²) in [7, 11) is 3.89. The third-order valence-corrected chi connectivity index (χ3v) is 4.74. The van der Waals surface area contributed by atoms with Crippen LogP contribution < -0.4 is 10.5 Å². The molecule has 2 atom stereocenters. The molecule has 0 radical (unpaired) electrons. The summed E-state index contributed by atoms with van der Waals surface area (Å²) < 4.78 is 5.19. The molecule has 0 aromatic heterocycles. The van der Waals surface area contributed by atoms with Crippen molar-refractivity contribution in [2.45, 2.75) is 44.7 Å². The molecular weight excluding hydrogens is 248 g/mol. The maximum atomic E-state index is 6.42. The number of nitrogens with zero attached hydrogens (tertiary/aromatic N) is 1. The highest BCUT2D eigenvalue weighted by atomic mass is 16.5. The SMILES string of the molecule is COc1ccc(C(N)C(C)N(C)CC2CCCC2)cc1. The van der Waals surface area contributed by atoms with Crippen molar-refractivity contribution >= 4 is 0 Å². The van der Waals surface area contributed by atoms with E-state index < -0.39 is 0 Å². The molecule has 1 aliphatic carbocycles. The third-order valence-electron chi connectivity index (χ3n) is 4.74. The first-order chi connectivity index (χ1) is 9.61. The van der Waals surface area contributed by atoms with Crippen LogP contribution in [0, 0.1) is 5.92 Å². The van der Waals surface area contributed by atoms with Crippen molar-refractivity contribution in [2.24, 2.45) is 11.7 Å². The molecule has 1 saturated carbocycles. The summed E-state index contributed by atoms with van der Waals surface area (Å²) in [5, 5.41) is 0. The Morgan fingerprint density at radius 3 is 2.40 bits per heavy atom. The van der Waals surface area contributed by atoms with Gasteiger partial charge in [0.05, 0.1) is 7.11 Å². The lowest BCUT2D eigenvalue weighted by Gasteiger charge is -2.32. The van der Waals surface area contributed by atoms with Crippen molar-refractivity contribution in [1.29, 1.82) is 0 Å². The first-order valence-electron chi connectivity index (χ1n) is 7.71. The molecule has 0 spiro atoms. The minimum Gasteiger partial charge on any atom is -0.497 e. The van der Waals surface area contributed by atoms with Crippen molar-refractivity contribution in [3.63, 3.8) is 0 Å². The summed E-state index contributed by atoms with van der Waals surface area (Å²) in [6.07, 6.45) is 5.57. The lowest BCUT2D eigenvalue weighted by atomic mass is 9.99. The molecule has 0 aliphatic heterocycles. The normalized spacial score (nSPS) is 19.2. The molecule has 0 heterocycles. The maximum Gasteiger partial charge on any atom is 0.118 e. The van der Waals surface area contributed by atoms with Gasteiger partial charge in [-0.3, -0.25) is 0 Å². The molecule has 3 heteroatoms. The summed E-state index contributed by atoms with van der Waals surface area (Å²) in [5.41, 5.74) is 7.60. The predicted molar refractivity (Wildman–Crippen MR) is 84.0 cm³/mol. The fourth-order valence-electron chi connectivity index (χ4n) is 3.15. The van der Waals surface area contributed by atoms with Gasteiger partial charge in [-0.1, -0.05) is 25.0 Å². The van der Waals surface area contributed by atoms with Crippen LogP contribution in [0.4, 0.5) is 0 Å². The Hall–Kier alpha value is -1.06. The topological polar surface area (TPSA) is 38.5 Å². The Morgan fingerprint density at radius 1 is 1.25 bits per heavy atom. The van der Waals surface area contributed by atoms with Crippen molar-refractivity contribution in [1.82, 2.24) is 4.90 Å². The molecule has 2 N–H and O–H groups in total. The zero-order chi connectivity index (χ0) is 14.5. The second-order valence-corrected chi connectivity index (χ2v) is 6.13. The molecule has 1 aliphatic rings. The lowest BCUT2D eigenvalue weighted by Crippen LogP contribution is -2.40. The van der Waals surface area contributed by atoms with Gasteiger partial charge in [-0.2, -0.15) is 0 Å². The molecule has 20 heavy (non-hydrogen) atoms. The van der Waals surface area contributed by atoms with Crippen LogP contribution in [0.25, 0.3) is 0 Å². The summed E-state index contributed by atoms with van der Waals surface area (Å²) >= 11 is 0. The second kappa shape index (κ2) is 7.09. The number of hydrogen-bond acceptors (Lipinski definition) is 3. The molecule has 2 unspecified atom stereocenters. The van der Waals surface area contributed by atoms with Crippen LogP contribution in [0.3, 0.4) is 0 Å². The number of likely N-dealkylation sites (N-methyl/N-ethyl adjacent to an activating group) is 1. The van der Waals surface area contributed by atoms with Gasteiger partial charge >= 0.3 is 0 Å². The van der Waals surface area contributed by atoms with Crippen molar-refractivity contribution in [2.75, 3.05) is 20.7 Å². The Bertz CT molecular complexity index is 398. The van der Waals surface area contributed by atoms with E-state index in [1.807, 2.05) is 12.1 Å². The predicted octanol–water partition coefficient (Wildman–Crippen LogP) is 3.21. The van der Waals surface area contributed by atoms with Crippen molar-refractivity contribution in [3.05, 3.63) is 29.8 Å². The van der Waals surface area contributed by atoms with Gasteiger partial charge in [0.1, 0.15) is 5.75 Å². The first-order valence-corrected chi connectivity index (χ1v) is 7.71. The van der Waals surface area contributed by atoms with Gasteiger partial charge in [0.15, 0.2) is 0 Å². The van der Waals surface area contributed by atoms with E-state index in [-0.39, 0.29) is 6.04 Å².